The van der Waals surface area contributed by atoms with Gasteiger partial charge in [0, 0.05) is 17.3 Å². The predicted molar refractivity (Wildman–Crippen MR) is 113 cm³/mol. The quantitative estimate of drug-likeness (QED) is 0.608. The molecule has 2 fully saturated rings. The minimum absolute atomic E-state index is 0.184. The van der Waals surface area contributed by atoms with Crippen LogP contribution in [0, 0.1) is 17.0 Å². The topological polar surface area (TPSA) is 59.1 Å². The fourth-order valence-corrected chi connectivity index (χ4v) is 7.08. The standard InChI is InChI=1S/C23H22F2N2O2S/c24-16-1-4-18(5-2-16)27-30(28,29)22-14-23(22)10-7-15(8-11-23)19-9-12-26-21-6-3-17(25)13-20(19)21/h1-6,9,12-13,15,22,27H,7-8,10-11,14H2. The summed E-state index contributed by atoms with van der Waals surface area (Å²) in [6, 6.07) is 12.0. The number of halogens is 2. The van der Waals surface area contributed by atoms with Crippen molar-refractivity contribution >= 4 is 26.6 Å². The summed E-state index contributed by atoms with van der Waals surface area (Å²) < 4.78 is 55.1. The molecular weight excluding hydrogens is 406 g/mol. The first-order valence-electron chi connectivity index (χ1n) is 10.2. The van der Waals surface area contributed by atoms with Crippen LogP contribution >= 0.6 is 0 Å². The van der Waals surface area contributed by atoms with Crippen LogP contribution in [0.3, 0.4) is 0 Å². The van der Waals surface area contributed by atoms with E-state index in [9.17, 15) is 17.2 Å². The maximum Gasteiger partial charge on any atom is 0.236 e. The number of nitrogens with zero attached hydrogens (tertiary/aromatic N) is 1. The second-order valence-corrected chi connectivity index (χ2v) is 10.4. The van der Waals surface area contributed by atoms with Crippen molar-refractivity contribution in [2.45, 2.75) is 43.3 Å². The Balaban J connectivity index is 1.30. The van der Waals surface area contributed by atoms with Gasteiger partial charge in [0.2, 0.25) is 10.0 Å². The third-order valence-electron chi connectivity index (χ3n) is 6.75. The highest BCUT2D eigenvalue weighted by molar-refractivity contribution is 7.93. The molecule has 0 bridgehead atoms. The van der Waals surface area contributed by atoms with Crippen molar-refractivity contribution in [1.29, 1.82) is 0 Å². The molecule has 7 heteroatoms. The fraction of sp³-hybridized carbons (Fsp3) is 0.348. The number of benzene rings is 2. The summed E-state index contributed by atoms with van der Waals surface area (Å²) in [6.45, 7) is 0. The van der Waals surface area contributed by atoms with Crippen LogP contribution in [0.25, 0.3) is 10.9 Å². The van der Waals surface area contributed by atoms with Crippen molar-refractivity contribution in [3.8, 4) is 0 Å². The van der Waals surface area contributed by atoms with Gasteiger partial charge in [0.1, 0.15) is 11.6 Å². The van der Waals surface area contributed by atoms with Crippen LogP contribution < -0.4 is 4.72 Å². The van der Waals surface area contributed by atoms with Gasteiger partial charge in [0.25, 0.3) is 0 Å². The van der Waals surface area contributed by atoms with E-state index < -0.39 is 21.1 Å². The lowest BCUT2D eigenvalue weighted by atomic mass is 9.76. The second kappa shape index (κ2) is 7.01. The Morgan fingerprint density at radius 1 is 0.967 bits per heavy atom. The molecule has 3 aromatic rings. The molecule has 1 aromatic heterocycles. The smallest absolute Gasteiger partial charge is 0.236 e. The molecule has 1 spiro atoms. The number of sulfonamides is 1. The monoisotopic (exact) mass is 428 g/mol. The summed E-state index contributed by atoms with van der Waals surface area (Å²) in [5, 5.41) is 0.430. The van der Waals surface area contributed by atoms with Gasteiger partial charge in [-0.1, -0.05) is 0 Å². The maximum atomic E-state index is 13.8. The molecule has 2 aliphatic rings. The Labute approximate surface area is 174 Å². The van der Waals surface area contributed by atoms with Gasteiger partial charge in [-0.25, -0.2) is 17.2 Å². The number of rotatable bonds is 4. The van der Waals surface area contributed by atoms with Crippen LogP contribution in [0.4, 0.5) is 14.5 Å². The van der Waals surface area contributed by atoms with E-state index in [1.807, 2.05) is 6.07 Å². The van der Waals surface area contributed by atoms with Crippen LogP contribution in [0.2, 0.25) is 0 Å². The first kappa shape index (κ1) is 19.4. The maximum absolute atomic E-state index is 13.8. The lowest BCUT2D eigenvalue weighted by Gasteiger charge is -2.30. The van der Waals surface area contributed by atoms with Gasteiger partial charge in [-0.3, -0.25) is 9.71 Å². The summed E-state index contributed by atoms with van der Waals surface area (Å²) in [4.78, 5) is 4.33. The van der Waals surface area contributed by atoms with E-state index in [1.165, 1.54) is 30.3 Å². The minimum Gasteiger partial charge on any atom is -0.283 e. The van der Waals surface area contributed by atoms with Crippen molar-refractivity contribution < 1.29 is 17.2 Å². The minimum atomic E-state index is -3.52. The zero-order chi connectivity index (χ0) is 20.9. The summed E-state index contributed by atoms with van der Waals surface area (Å²) in [6.07, 6.45) is 5.81. The molecule has 4 nitrogen and oxygen atoms in total. The van der Waals surface area contributed by atoms with Gasteiger partial charge in [-0.2, -0.15) is 0 Å². The Morgan fingerprint density at radius 2 is 1.67 bits per heavy atom. The van der Waals surface area contributed by atoms with Crippen molar-refractivity contribution in [1.82, 2.24) is 4.98 Å². The normalized spacial score (nSPS) is 26.1. The van der Waals surface area contributed by atoms with E-state index in [4.69, 9.17) is 0 Å². The first-order valence-corrected chi connectivity index (χ1v) is 11.7. The molecule has 0 amide bonds. The van der Waals surface area contributed by atoms with E-state index in [0.29, 0.717) is 12.1 Å². The lowest BCUT2D eigenvalue weighted by molar-refractivity contribution is 0.307. The number of fused-ring (bicyclic) bond motifs is 1. The van der Waals surface area contributed by atoms with Crippen LogP contribution in [0.15, 0.2) is 54.7 Å². The van der Waals surface area contributed by atoms with Crippen molar-refractivity contribution in [3.63, 3.8) is 0 Å². The fourth-order valence-electron chi connectivity index (χ4n) is 5.03. The number of nitrogens with one attached hydrogen (secondary N) is 1. The molecule has 0 aliphatic heterocycles. The zero-order valence-corrected chi connectivity index (χ0v) is 17.1. The van der Waals surface area contributed by atoms with Gasteiger partial charge >= 0.3 is 0 Å². The molecule has 156 valence electrons. The molecule has 30 heavy (non-hydrogen) atoms. The number of hydrogen-bond acceptors (Lipinski definition) is 3. The largest absolute Gasteiger partial charge is 0.283 e. The third kappa shape index (κ3) is 3.45. The Bertz CT molecular complexity index is 1200. The summed E-state index contributed by atoms with van der Waals surface area (Å²) in [7, 11) is -3.52. The highest BCUT2D eigenvalue weighted by Gasteiger charge is 2.61. The van der Waals surface area contributed by atoms with Gasteiger partial charge in [0.15, 0.2) is 0 Å². The number of pyridine rings is 1. The van der Waals surface area contributed by atoms with Gasteiger partial charge < -0.3 is 0 Å². The SMILES string of the molecule is O=S(=O)(Nc1ccc(F)cc1)C1CC12CCC(c1ccnc3ccc(F)cc13)CC2. The van der Waals surface area contributed by atoms with Crippen molar-refractivity contribution in [2.75, 3.05) is 4.72 Å². The Kier molecular flexibility index (Phi) is 4.54. The van der Waals surface area contributed by atoms with Crippen molar-refractivity contribution in [2.24, 2.45) is 5.41 Å². The Morgan fingerprint density at radius 3 is 2.40 bits per heavy atom. The van der Waals surface area contributed by atoms with Crippen LogP contribution in [-0.4, -0.2) is 18.7 Å². The molecule has 0 radical (unpaired) electrons. The van der Waals surface area contributed by atoms with Crippen LogP contribution in [0.1, 0.15) is 43.6 Å². The summed E-state index contributed by atoms with van der Waals surface area (Å²) >= 11 is 0. The number of aromatic nitrogens is 1. The van der Waals surface area contributed by atoms with Crippen molar-refractivity contribution in [3.05, 3.63) is 71.9 Å². The molecule has 2 aliphatic carbocycles. The van der Waals surface area contributed by atoms with E-state index in [2.05, 4.69) is 9.71 Å². The van der Waals surface area contributed by atoms with E-state index in [-0.39, 0.29) is 17.2 Å². The second-order valence-electron chi connectivity index (χ2n) is 8.55. The first-order chi connectivity index (χ1) is 14.4. The molecule has 1 atom stereocenters. The molecule has 2 saturated carbocycles. The molecule has 5 rings (SSSR count). The highest BCUT2D eigenvalue weighted by Crippen LogP contribution is 2.61. The average Bonchev–Trinajstić information content (AvgIpc) is 3.44. The Hall–Kier alpha value is -2.54. The number of anilines is 1. The number of hydrogen-bond donors (Lipinski definition) is 1. The van der Waals surface area contributed by atoms with Gasteiger partial charge in [-0.15, -0.1) is 0 Å². The molecule has 2 aromatic carbocycles. The van der Waals surface area contributed by atoms with Crippen LogP contribution in [0.5, 0.6) is 0 Å². The lowest BCUT2D eigenvalue weighted by Crippen LogP contribution is -2.25. The average molecular weight is 429 g/mol. The summed E-state index contributed by atoms with van der Waals surface area (Å²) in [5.74, 6) is -0.399. The third-order valence-corrected chi connectivity index (χ3v) is 8.69. The molecular formula is C23H22F2N2O2S. The predicted octanol–water partition coefficient (Wildman–Crippen LogP) is 5.37. The van der Waals surface area contributed by atoms with Gasteiger partial charge in [0.05, 0.1) is 10.8 Å². The van der Waals surface area contributed by atoms with Gasteiger partial charge in [-0.05, 0) is 97.5 Å². The summed E-state index contributed by atoms with van der Waals surface area (Å²) in [5.41, 5.74) is 2.08. The molecule has 1 N–H and O–H groups in total. The molecule has 1 unspecified atom stereocenters. The van der Waals surface area contributed by atoms with E-state index in [0.717, 1.165) is 42.1 Å². The zero-order valence-electron chi connectivity index (χ0n) is 16.3. The van der Waals surface area contributed by atoms with E-state index in [1.54, 1.807) is 18.3 Å². The molecule has 0 saturated heterocycles. The van der Waals surface area contributed by atoms with E-state index >= 15 is 0 Å². The highest BCUT2D eigenvalue weighted by atomic mass is 32.2. The van der Waals surface area contributed by atoms with Crippen LogP contribution in [-0.2, 0) is 10.0 Å². The molecule has 1 heterocycles.